The Kier molecular flexibility index (Phi) is 3.03. The van der Waals surface area contributed by atoms with Crippen molar-refractivity contribution in [2.24, 2.45) is 0 Å². The molecule has 19 heavy (non-hydrogen) atoms. The van der Waals surface area contributed by atoms with Crippen molar-refractivity contribution in [2.45, 2.75) is 0 Å². The van der Waals surface area contributed by atoms with Crippen LogP contribution in [-0.2, 0) is 0 Å². The summed E-state index contributed by atoms with van der Waals surface area (Å²) in [5, 5.41) is 0.963. The average Bonchev–Trinajstić information content (AvgIpc) is 2.81. The summed E-state index contributed by atoms with van der Waals surface area (Å²) in [6.07, 6.45) is 3.11. The summed E-state index contributed by atoms with van der Waals surface area (Å²) in [6.45, 7) is 0. The molecule has 2 aromatic heterocycles. The Morgan fingerprint density at radius 3 is 2.79 bits per heavy atom. The summed E-state index contributed by atoms with van der Waals surface area (Å²) in [4.78, 5) is 7.03. The third kappa shape index (κ3) is 2.03. The quantitative estimate of drug-likeness (QED) is 0.667. The van der Waals surface area contributed by atoms with Gasteiger partial charge in [0, 0.05) is 28.9 Å². The van der Waals surface area contributed by atoms with E-state index in [0.29, 0.717) is 26.1 Å². The Hall–Kier alpha value is -1.46. The fourth-order valence-electron chi connectivity index (χ4n) is 1.95. The molecule has 96 valence electrons. The van der Waals surface area contributed by atoms with Crippen LogP contribution in [0.1, 0.15) is 0 Å². The maximum absolute atomic E-state index is 13.8. The van der Waals surface area contributed by atoms with Gasteiger partial charge in [0.05, 0.1) is 9.50 Å². The Bertz CT molecular complexity index is 786. The molecule has 0 fully saturated rings. The van der Waals surface area contributed by atoms with Crippen molar-refractivity contribution in [1.82, 2.24) is 9.97 Å². The van der Waals surface area contributed by atoms with Gasteiger partial charge in [0.1, 0.15) is 17.3 Å². The topological polar surface area (TPSA) is 28.7 Å². The largest absolute Gasteiger partial charge is 0.345 e. The van der Waals surface area contributed by atoms with Crippen molar-refractivity contribution in [3.05, 3.63) is 51.7 Å². The van der Waals surface area contributed by atoms with Crippen LogP contribution in [-0.4, -0.2) is 9.97 Å². The number of halogens is 4. The molecular weight excluding hydrogens is 338 g/mol. The highest BCUT2D eigenvalue weighted by Crippen LogP contribution is 2.37. The third-order valence-electron chi connectivity index (χ3n) is 2.81. The summed E-state index contributed by atoms with van der Waals surface area (Å²) in [7, 11) is 0. The molecule has 0 atom stereocenters. The van der Waals surface area contributed by atoms with Gasteiger partial charge in [-0.2, -0.15) is 0 Å². The van der Waals surface area contributed by atoms with Gasteiger partial charge in [-0.25, -0.2) is 13.8 Å². The van der Waals surface area contributed by atoms with Gasteiger partial charge >= 0.3 is 0 Å². The molecule has 0 saturated heterocycles. The molecule has 1 N–H and O–H groups in total. The SMILES string of the molecule is Fc1ccc(F)c(-c2c[nH]c3ncc(Br)c(Cl)c23)c1. The van der Waals surface area contributed by atoms with Gasteiger partial charge in [-0.05, 0) is 34.1 Å². The highest BCUT2D eigenvalue weighted by Gasteiger charge is 2.16. The standard InChI is InChI=1S/C13H6BrClF2N2/c14-9-5-19-13-11(12(9)15)8(4-18-13)7-3-6(16)1-2-10(7)17/h1-5H,(H,18,19). The predicted molar refractivity (Wildman–Crippen MR) is 74.2 cm³/mol. The molecule has 1 aromatic carbocycles. The first-order chi connectivity index (χ1) is 9.08. The van der Waals surface area contributed by atoms with Gasteiger partial charge in [-0.1, -0.05) is 11.6 Å². The van der Waals surface area contributed by atoms with Crippen LogP contribution in [0.2, 0.25) is 5.02 Å². The molecule has 0 unspecified atom stereocenters. The zero-order valence-corrected chi connectivity index (χ0v) is 11.7. The Morgan fingerprint density at radius 2 is 2.00 bits per heavy atom. The summed E-state index contributed by atoms with van der Waals surface area (Å²) in [5.41, 5.74) is 1.14. The highest BCUT2D eigenvalue weighted by atomic mass is 79.9. The molecular formula is C13H6BrClF2N2. The van der Waals surface area contributed by atoms with Crippen molar-refractivity contribution >= 4 is 38.6 Å². The van der Waals surface area contributed by atoms with Gasteiger partial charge in [-0.15, -0.1) is 0 Å². The first kappa shape index (κ1) is 12.6. The van der Waals surface area contributed by atoms with E-state index in [4.69, 9.17) is 11.6 Å². The summed E-state index contributed by atoms with van der Waals surface area (Å²) < 4.78 is 27.7. The maximum atomic E-state index is 13.8. The Labute approximate surface area is 120 Å². The number of hydrogen-bond acceptors (Lipinski definition) is 1. The lowest BCUT2D eigenvalue weighted by Gasteiger charge is -2.04. The van der Waals surface area contributed by atoms with E-state index >= 15 is 0 Å². The van der Waals surface area contributed by atoms with Crippen LogP contribution in [0.5, 0.6) is 0 Å². The summed E-state index contributed by atoms with van der Waals surface area (Å²) in [5.74, 6) is -1.02. The first-order valence-corrected chi connectivity index (χ1v) is 6.51. The molecule has 2 heterocycles. The lowest BCUT2D eigenvalue weighted by Crippen LogP contribution is -1.86. The normalized spacial score (nSPS) is 11.2. The Balaban J connectivity index is 2.37. The highest BCUT2D eigenvalue weighted by molar-refractivity contribution is 9.10. The molecule has 0 aliphatic carbocycles. The molecule has 0 saturated carbocycles. The van der Waals surface area contributed by atoms with E-state index in [1.165, 1.54) is 0 Å². The minimum atomic E-state index is -0.515. The van der Waals surface area contributed by atoms with E-state index in [9.17, 15) is 8.78 Å². The molecule has 0 spiro atoms. The minimum Gasteiger partial charge on any atom is -0.345 e. The zero-order chi connectivity index (χ0) is 13.6. The number of aromatic amines is 1. The van der Waals surface area contributed by atoms with E-state index in [2.05, 4.69) is 25.9 Å². The van der Waals surface area contributed by atoms with Crippen LogP contribution in [0.15, 0.2) is 35.1 Å². The van der Waals surface area contributed by atoms with Crippen molar-refractivity contribution in [3.8, 4) is 11.1 Å². The Morgan fingerprint density at radius 1 is 1.21 bits per heavy atom. The molecule has 0 amide bonds. The monoisotopic (exact) mass is 342 g/mol. The number of nitrogens with one attached hydrogen (secondary N) is 1. The van der Waals surface area contributed by atoms with Gasteiger partial charge in [-0.3, -0.25) is 0 Å². The number of aromatic nitrogens is 2. The molecule has 6 heteroatoms. The second-order valence-electron chi connectivity index (χ2n) is 3.97. The second kappa shape index (κ2) is 4.58. The molecule has 3 rings (SSSR count). The number of rotatable bonds is 1. The van der Waals surface area contributed by atoms with Crippen LogP contribution in [0.4, 0.5) is 8.78 Å². The maximum Gasteiger partial charge on any atom is 0.139 e. The van der Waals surface area contributed by atoms with Crippen LogP contribution in [0.3, 0.4) is 0 Å². The minimum absolute atomic E-state index is 0.146. The van der Waals surface area contributed by atoms with Crippen molar-refractivity contribution in [3.63, 3.8) is 0 Å². The summed E-state index contributed by atoms with van der Waals surface area (Å²) >= 11 is 9.46. The third-order valence-corrected chi connectivity index (χ3v) is 4.04. The van der Waals surface area contributed by atoms with Crippen LogP contribution in [0, 0.1) is 11.6 Å². The molecule has 0 aliphatic heterocycles. The number of pyridine rings is 1. The number of benzene rings is 1. The molecule has 2 nitrogen and oxygen atoms in total. The fraction of sp³-hybridized carbons (Fsp3) is 0. The average molecular weight is 344 g/mol. The second-order valence-corrected chi connectivity index (χ2v) is 5.20. The molecule has 0 bridgehead atoms. The van der Waals surface area contributed by atoms with Gasteiger partial charge in [0.15, 0.2) is 0 Å². The van der Waals surface area contributed by atoms with E-state index in [1.807, 2.05) is 0 Å². The number of nitrogens with zero attached hydrogens (tertiary/aromatic N) is 1. The predicted octanol–water partition coefficient (Wildman–Crippen LogP) is 4.92. The smallest absolute Gasteiger partial charge is 0.139 e. The van der Waals surface area contributed by atoms with Crippen molar-refractivity contribution in [2.75, 3.05) is 0 Å². The van der Waals surface area contributed by atoms with E-state index in [0.717, 1.165) is 18.2 Å². The van der Waals surface area contributed by atoms with Gasteiger partial charge in [0.2, 0.25) is 0 Å². The number of fused-ring (bicyclic) bond motifs is 1. The van der Waals surface area contributed by atoms with Crippen molar-refractivity contribution < 1.29 is 8.78 Å². The van der Waals surface area contributed by atoms with Crippen molar-refractivity contribution in [1.29, 1.82) is 0 Å². The lowest BCUT2D eigenvalue weighted by atomic mass is 10.1. The first-order valence-electron chi connectivity index (χ1n) is 5.34. The fourth-order valence-corrected chi connectivity index (χ4v) is 2.49. The number of H-pyrrole nitrogens is 1. The molecule has 0 radical (unpaired) electrons. The molecule has 0 aliphatic rings. The zero-order valence-electron chi connectivity index (χ0n) is 9.35. The van der Waals surface area contributed by atoms with E-state index < -0.39 is 11.6 Å². The van der Waals surface area contributed by atoms with E-state index in [1.54, 1.807) is 12.4 Å². The van der Waals surface area contributed by atoms with E-state index in [-0.39, 0.29) is 5.56 Å². The molecule has 3 aromatic rings. The summed E-state index contributed by atoms with van der Waals surface area (Å²) in [6, 6.07) is 3.29. The number of hydrogen-bond donors (Lipinski definition) is 1. The van der Waals surface area contributed by atoms with Gasteiger partial charge in [0.25, 0.3) is 0 Å². The van der Waals surface area contributed by atoms with Gasteiger partial charge < -0.3 is 4.98 Å². The lowest BCUT2D eigenvalue weighted by molar-refractivity contribution is 0.603. The van der Waals surface area contributed by atoms with Crippen LogP contribution < -0.4 is 0 Å². The van der Waals surface area contributed by atoms with Crippen LogP contribution in [0.25, 0.3) is 22.2 Å². The van der Waals surface area contributed by atoms with Crippen LogP contribution >= 0.6 is 27.5 Å².